The van der Waals surface area contributed by atoms with Crippen molar-refractivity contribution in [2.75, 3.05) is 0 Å². The summed E-state index contributed by atoms with van der Waals surface area (Å²) in [5.41, 5.74) is 5.69. The van der Waals surface area contributed by atoms with Gasteiger partial charge in [0.05, 0.1) is 0 Å². The Kier molecular flexibility index (Phi) is 4.18. The molecule has 0 radical (unpaired) electrons. The highest BCUT2D eigenvalue weighted by molar-refractivity contribution is 7.09. The average molecular weight is 341 g/mol. The largest absolute Gasteiger partial charge is 0.120 e. The van der Waals surface area contributed by atoms with Crippen LogP contribution in [0.5, 0.6) is 0 Å². The molecule has 0 saturated heterocycles. The van der Waals surface area contributed by atoms with Crippen LogP contribution in [-0.4, -0.2) is 8.07 Å². The summed E-state index contributed by atoms with van der Waals surface area (Å²) >= 11 is 0. The molecule has 0 aliphatic carbocycles. The van der Waals surface area contributed by atoms with Crippen LogP contribution in [0.25, 0.3) is 10.8 Å². The minimum atomic E-state index is -1.74. The Bertz CT molecular complexity index is 903. The molecule has 0 aromatic heterocycles. The second kappa shape index (κ2) is 6.49. The highest BCUT2D eigenvalue weighted by atomic mass is 28.3. The van der Waals surface area contributed by atoms with Crippen molar-refractivity contribution >= 4 is 24.0 Å². The molecule has 124 valence electrons. The van der Waals surface area contributed by atoms with Gasteiger partial charge >= 0.3 is 0 Å². The Balaban J connectivity index is 2.12. The van der Waals surface area contributed by atoms with Crippen LogP contribution in [0.2, 0.25) is 12.1 Å². The van der Waals surface area contributed by atoms with Crippen LogP contribution in [0.15, 0.2) is 84.9 Å². The van der Waals surface area contributed by atoms with Crippen molar-refractivity contribution in [1.82, 2.24) is 0 Å². The Labute approximate surface area is 151 Å². The third-order valence-electron chi connectivity index (χ3n) is 5.77. The van der Waals surface area contributed by atoms with E-state index in [1.165, 1.54) is 34.4 Å². The summed E-state index contributed by atoms with van der Waals surface area (Å²) in [5, 5.41) is 3.25. The second-order valence-electron chi connectivity index (χ2n) is 6.82. The van der Waals surface area contributed by atoms with Gasteiger partial charge in [-0.3, -0.25) is 0 Å². The highest BCUT2D eigenvalue weighted by Gasteiger charge is 2.45. The SMILES string of the molecule is CC[Si]1(CC)C(c2ccccc2)=C(c2ccccc2)c2ccccc21. The van der Waals surface area contributed by atoms with Crippen LogP contribution < -0.4 is 5.19 Å². The van der Waals surface area contributed by atoms with Crippen LogP contribution in [0, 0.1) is 0 Å². The number of fused-ring (bicyclic) bond motifs is 1. The van der Waals surface area contributed by atoms with Gasteiger partial charge in [-0.05, 0) is 32.6 Å². The van der Waals surface area contributed by atoms with Crippen LogP contribution >= 0.6 is 0 Å². The van der Waals surface area contributed by atoms with Gasteiger partial charge < -0.3 is 0 Å². The first-order valence-electron chi connectivity index (χ1n) is 9.27. The molecule has 0 N–H and O–H groups in total. The molecule has 3 aromatic rings. The molecule has 0 unspecified atom stereocenters. The Morgan fingerprint density at radius 2 is 1.12 bits per heavy atom. The van der Waals surface area contributed by atoms with Gasteiger partial charge in [-0.1, -0.05) is 111 Å². The first-order valence-corrected chi connectivity index (χ1v) is 11.7. The van der Waals surface area contributed by atoms with Crippen molar-refractivity contribution in [1.29, 1.82) is 0 Å². The number of benzene rings is 3. The van der Waals surface area contributed by atoms with Gasteiger partial charge in [-0.2, -0.15) is 0 Å². The van der Waals surface area contributed by atoms with Crippen molar-refractivity contribution in [2.45, 2.75) is 25.9 Å². The van der Waals surface area contributed by atoms with Crippen LogP contribution in [0.3, 0.4) is 0 Å². The van der Waals surface area contributed by atoms with E-state index < -0.39 is 8.07 Å². The van der Waals surface area contributed by atoms with E-state index in [1.807, 2.05) is 0 Å². The lowest BCUT2D eigenvalue weighted by molar-refractivity contribution is 1.30. The lowest BCUT2D eigenvalue weighted by atomic mass is 9.96. The fourth-order valence-corrected chi connectivity index (χ4v) is 9.40. The summed E-state index contributed by atoms with van der Waals surface area (Å²) in [6.45, 7) is 4.78. The maximum Gasteiger partial charge on any atom is 0.120 e. The minimum absolute atomic E-state index is 1.25. The fourth-order valence-electron chi connectivity index (χ4n) is 4.54. The molecule has 0 atom stereocenters. The summed E-state index contributed by atoms with van der Waals surface area (Å²) in [4.78, 5) is 0. The average Bonchev–Trinajstić information content (AvgIpc) is 3.00. The predicted octanol–water partition coefficient (Wildman–Crippen LogP) is 5.89. The second-order valence-corrected chi connectivity index (χ2v) is 11.4. The Hall–Kier alpha value is -2.38. The minimum Gasteiger partial charge on any atom is -0.0672 e. The van der Waals surface area contributed by atoms with Crippen molar-refractivity contribution in [3.63, 3.8) is 0 Å². The molecule has 3 aromatic carbocycles. The molecule has 4 rings (SSSR count). The lowest BCUT2D eigenvalue weighted by Crippen LogP contribution is -2.46. The molecule has 0 nitrogen and oxygen atoms in total. The van der Waals surface area contributed by atoms with E-state index in [1.54, 1.807) is 10.4 Å². The van der Waals surface area contributed by atoms with Gasteiger partial charge in [-0.15, -0.1) is 0 Å². The van der Waals surface area contributed by atoms with Gasteiger partial charge in [0.15, 0.2) is 0 Å². The van der Waals surface area contributed by atoms with Gasteiger partial charge in [-0.25, -0.2) is 0 Å². The molecule has 0 fully saturated rings. The van der Waals surface area contributed by atoms with Gasteiger partial charge in [0.2, 0.25) is 0 Å². The van der Waals surface area contributed by atoms with Crippen LogP contribution in [0.1, 0.15) is 30.5 Å². The number of hydrogen-bond acceptors (Lipinski definition) is 0. The maximum absolute atomic E-state index is 2.40. The highest BCUT2D eigenvalue weighted by Crippen LogP contribution is 2.46. The van der Waals surface area contributed by atoms with Gasteiger partial charge in [0, 0.05) is 0 Å². The predicted molar refractivity (Wildman–Crippen MR) is 112 cm³/mol. The normalized spacial score (nSPS) is 15.3. The molecule has 1 aliphatic heterocycles. The Morgan fingerprint density at radius 1 is 0.600 bits per heavy atom. The van der Waals surface area contributed by atoms with Crippen molar-refractivity contribution < 1.29 is 0 Å². The first-order chi connectivity index (χ1) is 12.3. The summed E-state index contributed by atoms with van der Waals surface area (Å²) < 4.78 is 0. The van der Waals surface area contributed by atoms with E-state index in [0.29, 0.717) is 0 Å². The van der Waals surface area contributed by atoms with E-state index in [0.717, 1.165) is 0 Å². The summed E-state index contributed by atoms with van der Waals surface area (Å²) in [6, 6.07) is 33.7. The molecule has 25 heavy (non-hydrogen) atoms. The molecule has 0 saturated carbocycles. The smallest absolute Gasteiger partial charge is 0.0672 e. The maximum atomic E-state index is 2.40. The molecular weight excluding hydrogens is 316 g/mol. The van der Waals surface area contributed by atoms with Crippen molar-refractivity contribution in [3.8, 4) is 0 Å². The number of hydrogen-bond donors (Lipinski definition) is 0. The molecule has 1 heteroatoms. The summed E-state index contributed by atoms with van der Waals surface area (Å²) in [7, 11) is -1.74. The van der Waals surface area contributed by atoms with E-state index in [2.05, 4.69) is 98.8 Å². The molecule has 0 spiro atoms. The fraction of sp³-hybridized carbons (Fsp3) is 0.167. The summed E-state index contributed by atoms with van der Waals surface area (Å²) in [5.74, 6) is 0. The van der Waals surface area contributed by atoms with E-state index in [9.17, 15) is 0 Å². The van der Waals surface area contributed by atoms with Gasteiger partial charge in [0.25, 0.3) is 0 Å². The zero-order chi connectivity index (χ0) is 17.3. The molecule has 0 bridgehead atoms. The Morgan fingerprint density at radius 3 is 1.72 bits per heavy atom. The summed E-state index contributed by atoms with van der Waals surface area (Å²) in [6.07, 6.45) is 0. The lowest BCUT2D eigenvalue weighted by Gasteiger charge is -2.30. The first kappa shape index (κ1) is 16.1. The molecule has 0 amide bonds. The van der Waals surface area contributed by atoms with Crippen LogP contribution in [0.4, 0.5) is 0 Å². The molecule has 1 heterocycles. The van der Waals surface area contributed by atoms with Crippen LogP contribution in [-0.2, 0) is 0 Å². The molecule has 1 aliphatic rings. The van der Waals surface area contributed by atoms with E-state index in [4.69, 9.17) is 0 Å². The monoisotopic (exact) mass is 340 g/mol. The number of rotatable bonds is 4. The van der Waals surface area contributed by atoms with Crippen molar-refractivity contribution in [3.05, 3.63) is 102 Å². The standard InChI is InChI=1S/C24H24Si/c1-3-25(4-2)22-18-12-11-17-21(22)23(19-13-7-5-8-14-19)24(25)20-15-9-6-10-16-20/h5-18H,3-4H2,1-2H3. The zero-order valence-electron chi connectivity index (χ0n) is 15.0. The van der Waals surface area contributed by atoms with Crippen molar-refractivity contribution in [2.24, 2.45) is 0 Å². The topological polar surface area (TPSA) is 0 Å². The quantitative estimate of drug-likeness (QED) is 0.519. The molecular formula is C24H24Si. The van der Waals surface area contributed by atoms with E-state index in [-0.39, 0.29) is 0 Å². The third kappa shape index (κ3) is 2.42. The van der Waals surface area contributed by atoms with Gasteiger partial charge in [0.1, 0.15) is 8.07 Å². The van der Waals surface area contributed by atoms with E-state index >= 15 is 0 Å². The third-order valence-corrected chi connectivity index (χ3v) is 11.1. The zero-order valence-corrected chi connectivity index (χ0v) is 16.0.